The number of hydrogen-bond donors (Lipinski definition) is 1. The van der Waals surface area contributed by atoms with Gasteiger partial charge in [-0.1, -0.05) is 29.8 Å². The van der Waals surface area contributed by atoms with Gasteiger partial charge < -0.3 is 0 Å². The molecule has 0 aliphatic carbocycles. The molecule has 4 nitrogen and oxygen atoms in total. The molecule has 2 aromatic rings. The summed E-state index contributed by atoms with van der Waals surface area (Å²) in [6.45, 7) is 3.68. The number of benzene rings is 2. The molecule has 0 fully saturated rings. The number of rotatable bonds is 5. The average Bonchev–Trinajstić information content (AvgIpc) is 2.53. The average molecular weight is 334 g/mol. The van der Waals surface area contributed by atoms with Crippen LogP contribution in [0, 0.1) is 6.92 Å². The SMILES string of the molecule is CSc1ccc(/C(C)=N/NS(=O)(=O)c2ccc(C)cc2)cc1. The number of aryl methyl sites for hydroxylation is 1. The lowest BCUT2D eigenvalue weighted by Gasteiger charge is -2.06. The summed E-state index contributed by atoms with van der Waals surface area (Å²) in [7, 11) is -3.63. The maximum absolute atomic E-state index is 12.2. The van der Waals surface area contributed by atoms with Crippen LogP contribution in [0.1, 0.15) is 18.1 Å². The summed E-state index contributed by atoms with van der Waals surface area (Å²) in [5, 5.41) is 3.99. The third-order valence-corrected chi connectivity index (χ3v) is 5.14. The highest BCUT2D eigenvalue weighted by Gasteiger charge is 2.12. The summed E-state index contributed by atoms with van der Waals surface area (Å²) >= 11 is 1.65. The standard InChI is InChI=1S/C16H18N2O2S2/c1-12-4-10-16(11-5-12)22(19,20)18-17-13(2)14-6-8-15(21-3)9-7-14/h4-11,18H,1-3H3/b17-13+. The van der Waals surface area contributed by atoms with Gasteiger partial charge in [0.15, 0.2) is 0 Å². The Balaban J connectivity index is 2.16. The molecule has 0 saturated heterocycles. The van der Waals surface area contributed by atoms with E-state index in [1.54, 1.807) is 43.0 Å². The number of thioether (sulfide) groups is 1. The van der Waals surface area contributed by atoms with Crippen LogP contribution >= 0.6 is 11.8 Å². The van der Waals surface area contributed by atoms with Gasteiger partial charge in [-0.3, -0.25) is 0 Å². The van der Waals surface area contributed by atoms with Gasteiger partial charge in [0.25, 0.3) is 10.0 Å². The first kappa shape index (κ1) is 16.6. The molecule has 0 aliphatic rings. The molecule has 0 unspecified atom stereocenters. The molecule has 0 amide bonds. The highest BCUT2D eigenvalue weighted by atomic mass is 32.2. The van der Waals surface area contributed by atoms with Crippen molar-refractivity contribution in [2.45, 2.75) is 23.6 Å². The maximum Gasteiger partial charge on any atom is 0.276 e. The van der Waals surface area contributed by atoms with Crippen molar-refractivity contribution in [3.8, 4) is 0 Å². The molecule has 0 aromatic heterocycles. The fraction of sp³-hybridized carbons (Fsp3) is 0.188. The largest absolute Gasteiger partial charge is 0.276 e. The van der Waals surface area contributed by atoms with E-state index >= 15 is 0 Å². The number of nitrogens with zero attached hydrogens (tertiary/aromatic N) is 1. The van der Waals surface area contributed by atoms with Crippen LogP contribution < -0.4 is 4.83 Å². The molecule has 0 atom stereocenters. The highest BCUT2D eigenvalue weighted by Crippen LogP contribution is 2.15. The second-order valence-corrected chi connectivity index (χ2v) is 7.37. The maximum atomic E-state index is 12.2. The molecule has 6 heteroatoms. The minimum absolute atomic E-state index is 0.201. The van der Waals surface area contributed by atoms with E-state index in [-0.39, 0.29) is 4.90 Å². The molecule has 1 N–H and O–H groups in total. The van der Waals surface area contributed by atoms with Crippen LogP contribution in [-0.2, 0) is 10.0 Å². The summed E-state index contributed by atoms with van der Waals surface area (Å²) < 4.78 is 24.3. The summed E-state index contributed by atoms with van der Waals surface area (Å²) in [5.41, 5.74) is 2.50. The Hall–Kier alpha value is -1.79. The molecule has 0 bridgehead atoms. The number of hydrazone groups is 1. The predicted octanol–water partition coefficient (Wildman–Crippen LogP) is 3.42. The molecule has 0 radical (unpaired) electrons. The fourth-order valence-corrected chi connectivity index (χ4v) is 3.06. The van der Waals surface area contributed by atoms with Gasteiger partial charge in [0, 0.05) is 4.90 Å². The lowest BCUT2D eigenvalue weighted by atomic mass is 10.1. The van der Waals surface area contributed by atoms with Gasteiger partial charge in [0.05, 0.1) is 10.6 Å². The van der Waals surface area contributed by atoms with E-state index in [9.17, 15) is 8.42 Å². The Kier molecular flexibility index (Phi) is 5.26. The zero-order chi connectivity index (χ0) is 16.2. The van der Waals surface area contributed by atoms with Crippen LogP contribution in [0.4, 0.5) is 0 Å². The van der Waals surface area contributed by atoms with Crippen LogP contribution in [0.25, 0.3) is 0 Å². The molecule has 0 spiro atoms. The Morgan fingerprint density at radius 3 is 2.18 bits per heavy atom. The molecule has 2 aromatic carbocycles. The normalized spacial score (nSPS) is 12.2. The number of nitrogens with one attached hydrogen (secondary N) is 1. The fourth-order valence-electron chi connectivity index (χ4n) is 1.80. The molecular weight excluding hydrogens is 316 g/mol. The molecular formula is C16H18N2O2S2. The van der Waals surface area contributed by atoms with Crippen LogP contribution in [-0.4, -0.2) is 20.4 Å². The predicted molar refractivity (Wildman–Crippen MR) is 91.9 cm³/mol. The van der Waals surface area contributed by atoms with Crippen LogP contribution in [0.2, 0.25) is 0 Å². The van der Waals surface area contributed by atoms with Gasteiger partial charge in [-0.2, -0.15) is 18.4 Å². The second kappa shape index (κ2) is 6.98. The van der Waals surface area contributed by atoms with Gasteiger partial charge >= 0.3 is 0 Å². The smallest absolute Gasteiger partial charge is 0.200 e. The van der Waals surface area contributed by atoms with Gasteiger partial charge in [0.2, 0.25) is 0 Å². The molecule has 0 aliphatic heterocycles. The first-order chi connectivity index (χ1) is 10.4. The van der Waals surface area contributed by atoms with E-state index in [0.717, 1.165) is 16.0 Å². The van der Waals surface area contributed by atoms with Gasteiger partial charge in [-0.05, 0) is 49.9 Å². The molecule has 0 heterocycles. The van der Waals surface area contributed by atoms with E-state index in [1.165, 1.54) is 0 Å². The van der Waals surface area contributed by atoms with Crippen molar-refractivity contribution < 1.29 is 8.42 Å². The first-order valence-corrected chi connectivity index (χ1v) is 9.40. The summed E-state index contributed by atoms with van der Waals surface area (Å²) in [5.74, 6) is 0. The summed E-state index contributed by atoms with van der Waals surface area (Å²) in [4.78, 5) is 3.63. The summed E-state index contributed by atoms with van der Waals surface area (Å²) in [6.07, 6.45) is 2.01. The molecule has 116 valence electrons. The Bertz CT molecular complexity index is 765. The van der Waals surface area contributed by atoms with Crippen molar-refractivity contribution in [3.05, 3.63) is 59.7 Å². The number of hydrogen-bond acceptors (Lipinski definition) is 4. The topological polar surface area (TPSA) is 58.5 Å². The minimum atomic E-state index is -3.63. The van der Waals surface area contributed by atoms with E-state index in [2.05, 4.69) is 9.93 Å². The van der Waals surface area contributed by atoms with Crippen molar-refractivity contribution in [3.63, 3.8) is 0 Å². The van der Waals surface area contributed by atoms with Crippen LogP contribution in [0.3, 0.4) is 0 Å². The lowest BCUT2D eigenvalue weighted by Crippen LogP contribution is -2.19. The lowest BCUT2D eigenvalue weighted by molar-refractivity contribution is 0.584. The molecule has 0 saturated carbocycles. The number of sulfonamides is 1. The molecule has 22 heavy (non-hydrogen) atoms. The van der Waals surface area contributed by atoms with Crippen molar-refractivity contribution in [2.24, 2.45) is 5.10 Å². The van der Waals surface area contributed by atoms with Gasteiger partial charge in [-0.25, -0.2) is 0 Å². The second-order valence-electron chi connectivity index (χ2n) is 4.83. The zero-order valence-corrected chi connectivity index (χ0v) is 14.3. The minimum Gasteiger partial charge on any atom is -0.200 e. The Labute approximate surface area is 135 Å². The third-order valence-electron chi connectivity index (χ3n) is 3.17. The first-order valence-electron chi connectivity index (χ1n) is 6.69. The van der Waals surface area contributed by atoms with E-state index in [1.807, 2.05) is 37.4 Å². The van der Waals surface area contributed by atoms with Crippen molar-refractivity contribution in [2.75, 3.05) is 6.26 Å². The monoisotopic (exact) mass is 334 g/mol. The van der Waals surface area contributed by atoms with Crippen LogP contribution in [0.5, 0.6) is 0 Å². The zero-order valence-electron chi connectivity index (χ0n) is 12.7. The van der Waals surface area contributed by atoms with E-state index in [0.29, 0.717) is 5.71 Å². The Morgan fingerprint density at radius 1 is 1.05 bits per heavy atom. The van der Waals surface area contributed by atoms with Crippen molar-refractivity contribution in [1.29, 1.82) is 0 Å². The van der Waals surface area contributed by atoms with E-state index < -0.39 is 10.0 Å². The highest BCUT2D eigenvalue weighted by molar-refractivity contribution is 7.98. The van der Waals surface area contributed by atoms with E-state index in [4.69, 9.17) is 0 Å². The van der Waals surface area contributed by atoms with Crippen molar-refractivity contribution in [1.82, 2.24) is 4.83 Å². The van der Waals surface area contributed by atoms with Gasteiger partial charge in [0.1, 0.15) is 0 Å². The Morgan fingerprint density at radius 2 is 1.64 bits per heavy atom. The summed E-state index contributed by atoms with van der Waals surface area (Å²) in [6, 6.07) is 14.4. The third kappa shape index (κ3) is 4.11. The quantitative estimate of drug-likeness (QED) is 0.518. The molecule has 2 rings (SSSR count). The van der Waals surface area contributed by atoms with Gasteiger partial charge in [-0.15, -0.1) is 11.8 Å². The van der Waals surface area contributed by atoms with Crippen molar-refractivity contribution >= 4 is 27.5 Å². The van der Waals surface area contributed by atoms with Crippen LogP contribution in [0.15, 0.2) is 63.4 Å².